The fourth-order valence-corrected chi connectivity index (χ4v) is 1.48. The lowest BCUT2D eigenvalue weighted by molar-refractivity contribution is 0.0999. The molecular formula is C8H7BrFNO. The van der Waals surface area contributed by atoms with Gasteiger partial charge in [0.05, 0.1) is 10.0 Å². The molecule has 0 atom stereocenters. The molecule has 1 amide bonds. The second kappa shape index (κ2) is 3.23. The predicted octanol–water partition coefficient (Wildman–Crippen LogP) is 2.00. The lowest BCUT2D eigenvalue weighted by Gasteiger charge is -2.02. The minimum atomic E-state index is -0.638. The molecule has 1 aromatic carbocycles. The van der Waals surface area contributed by atoms with Crippen LogP contribution in [0.3, 0.4) is 0 Å². The van der Waals surface area contributed by atoms with E-state index < -0.39 is 11.7 Å². The molecule has 0 aliphatic carbocycles. The molecule has 0 aromatic heterocycles. The van der Waals surface area contributed by atoms with Crippen LogP contribution in [0.5, 0.6) is 0 Å². The standard InChI is InChI=1S/C8H7BrFNO/c1-4-2-3-5(8(11)12)6(9)7(4)10/h2-3H,1H3,(H2,11,12). The highest BCUT2D eigenvalue weighted by Crippen LogP contribution is 2.22. The average molecular weight is 232 g/mol. The molecule has 0 saturated heterocycles. The zero-order chi connectivity index (χ0) is 9.30. The van der Waals surface area contributed by atoms with Crippen LogP contribution in [-0.4, -0.2) is 5.91 Å². The normalized spacial score (nSPS) is 9.92. The van der Waals surface area contributed by atoms with E-state index in [1.165, 1.54) is 12.1 Å². The van der Waals surface area contributed by atoms with Crippen LogP contribution in [0.2, 0.25) is 0 Å². The summed E-state index contributed by atoms with van der Waals surface area (Å²) in [7, 11) is 0. The van der Waals surface area contributed by atoms with Gasteiger partial charge in [0, 0.05) is 0 Å². The van der Waals surface area contributed by atoms with Crippen LogP contribution >= 0.6 is 15.9 Å². The summed E-state index contributed by atoms with van der Waals surface area (Å²) in [6, 6.07) is 3.00. The van der Waals surface area contributed by atoms with Crippen molar-refractivity contribution in [2.75, 3.05) is 0 Å². The third-order valence-electron chi connectivity index (χ3n) is 1.54. The molecule has 0 saturated carbocycles. The summed E-state index contributed by atoms with van der Waals surface area (Å²) in [4.78, 5) is 10.7. The van der Waals surface area contributed by atoms with Gasteiger partial charge in [0.15, 0.2) is 0 Å². The Kier molecular flexibility index (Phi) is 2.47. The van der Waals surface area contributed by atoms with Crippen LogP contribution in [0.25, 0.3) is 0 Å². The Hall–Kier alpha value is -0.900. The Morgan fingerprint density at radius 2 is 2.17 bits per heavy atom. The number of aryl methyl sites for hydroxylation is 1. The molecule has 0 unspecified atom stereocenters. The third-order valence-corrected chi connectivity index (χ3v) is 2.32. The topological polar surface area (TPSA) is 43.1 Å². The highest BCUT2D eigenvalue weighted by atomic mass is 79.9. The third kappa shape index (κ3) is 1.48. The molecule has 12 heavy (non-hydrogen) atoms. The summed E-state index contributed by atoms with van der Waals surface area (Å²) in [5, 5.41) is 0. The van der Waals surface area contributed by atoms with Crippen LogP contribution in [0.4, 0.5) is 4.39 Å². The van der Waals surface area contributed by atoms with Crippen LogP contribution in [0.1, 0.15) is 15.9 Å². The largest absolute Gasteiger partial charge is 0.366 e. The van der Waals surface area contributed by atoms with Gasteiger partial charge in [-0.15, -0.1) is 0 Å². The Morgan fingerprint density at radius 3 is 2.67 bits per heavy atom. The highest BCUT2D eigenvalue weighted by Gasteiger charge is 2.11. The van der Waals surface area contributed by atoms with Crippen LogP contribution < -0.4 is 5.73 Å². The number of halogens is 2. The van der Waals surface area contributed by atoms with Crippen molar-refractivity contribution in [2.24, 2.45) is 5.73 Å². The number of hydrogen-bond donors (Lipinski definition) is 1. The van der Waals surface area contributed by atoms with E-state index in [0.29, 0.717) is 5.56 Å². The van der Waals surface area contributed by atoms with Crippen molar-refractivity contribution in [3.8, 4) is 0 Å². The monoisotopic (exact) mass is 231 g/mol. The van der Waals surface area contributed by atoms with Crippen molar-refractivity contribution < 1.29 is 9.18 Å². The lowest BCUT2D eigenvalue weighted by Crippen LogP contribution is -2.12. The molecular weight excluding hydrogens is 225 g/mol. The van der Waals surface area contributed by atoms with Crippen molar-refractivity contribution in [2.45, 2.75) is 6.92 Å². The molecule has 1 rings (SSSR count). The molecule has 64 valence electrons. The number of rotatable bonds is 1. The van der Waals surface area contributed by atoms with Gasteiger partial charge in [-0.25, -0.2) is 4.39 Å². The fraction of sp³-hybridized carbons (Fsp3) is 0.125. The first kappa shape index (κ1) is 9.19. The quantitative estimate of drug-likeness (QED) is 0.790. The van der Waals surface area contributed by atoms with Crippen molar-refractivity contribution in [1.29, 1.82) is 0 Å². The maximum Gasteiger partial charge on any atom is 0.249 e. The molecule has 0 fully saturated rings. The molecule has 1 aromatic rings. The van der Waals surface area contributed by atoms with Crippen LogP contribution in [0, 0.1) is 12.7 Å². The number of hydrogen-bond acceptors (Lipinski definition) is 1. The van der Waals surface area contributed by atoms with Gasteiger partial charge in [-0.2, -0.15) is 0 Å². The summed E-state index contributed by atoms with van der Waals surface area (Å²) in [6.45, 7) is 1.62. The van der Waals surface area contributed by atoms with Crippen molar-refractivity contribution >= 4 is 21.8 Å². The van der Waals surface area contributed by atoms with E-state index in [2.05, 4.69) is 15.9 Å². The summed E-state index contributed by atoms with van der Waals surface area (Å²) in [6.07, 6.45) is 0. The summed E-state index contributed by atoms with van der Waals surface area (Å²) >= 11 is 2.96. The van der Waals surface area contributed by atoms with Gasteiger partial charge in [-0.3, -0.25) is 4.79 Å². The summed E-state index contributed by atoms with van der Waals surface area (Å²) in [5.41, 5.74) is 5.64. The second-order valence-corrected chi connectivity index (χ2v) is 3.22. The van der Waals surface area contributed by atoms with E-state index in [4.69, 9.17) is 5.73 Å². The SMILES string of the molecule is Cc1ccc(C(N)=O)c(Br)c1F. The smallest absolute Gasteiger partial charge is 0.249 e. The Bertz CT molecular complexity index is 338. The maximum atomic E-state index is 13.1. The molecule has 2 nitrogen and oxygen atoms in total. The number of nitrogens with two attached hydrogens (primary N) is 1. The number of carbonyl (C=O) groups is 1. The van der Waals surface area contributed by atoms with Gasteiger partial charge in [0.1, 0.15) is 5.82 Å². The van der Waals surface area contributed by atoms with Gasteiger partial charge in [0.25, 0.3) is 0 Å². The first-order chi connectivity index (χ1) is 5.54. The molecule has 0 bridgehead atoms. The van der Waals surface area contributed by atoms with E-state index in [0.717, 1.165) is 0 Å². The first-order valence-corrected chi connectivity index (χ1v) is 4.07. The van der Waals surface area contributed by atoms with Gasteiger partial charge in [-0.05, 0) is 34.5 Å². The minimum Gasteiger partial charge on any atom is -0.366 e. The molecule has 2 N–H and O–H groups in total. The van der Waals surface area contributed by atoms with Crippen LogP contribution in [0.15, 0.2) is 16.6 Å². The maximum absolute atomic E-state index is 13.1. The summed E-state index contributed by atoms with van der Waals surface area (Å²) < 4.78 is 13.2. The molecule has 0 aliphatic heterocycles. The van der Waals surface area contributed by atoms with Crippen LogP contribution in [-0.2, 0) is 0 Å². The fourth-order valence-electron chi connectivity index (χ4n) is 0.836. The number of benzene rings is 1. The minimum absolute atomic E-state index is 0.134. The molecule has 0 spiro atoms. The van der Waals surface area contributed by atoms with Crippen molar-refractivity contribution in [3.63, 3.8) is 0 Å². The predicted molar refractivity (Wildman–Crippen MR) is 47.4 cm³/mol. The molecule has 4 heteroatoms. The van der Waals surface area contributed by atoms with E-state index in [9.17, 15) is 9.18 Å². The van der Waals surface area contributed by atoms with E-state index in [1.807, 2.05) is 0 Å². The van der Waals surface area contributed by atoms with Crippen molar-refractivity contribution in [3.05, 3.63) is 33.5 Å². The Labute approximate surface area is 77.7 Å². The Balaban J connectivity index is 3.36. The number of carbonyl (C=O) groups excluding carboxylic acids is 1. The number of amides is 1. The summed E-state index contributed by atoms with van der Waals surface area (Å²) in [5.74, 6) is -1.08. The highest BCUT2D eigenvalue weighted by molar-refractivity contribution is 9.10. The van der Waals surface area contributed by atoms with E-state index >= 15 is 0 Å². The van der Waals surface area contributed by atoms with E-state index in [-0.39, 0.29) is 10.0 Å². The average Bonchev–Trinajstić information content (AvgIpc) is 2.00. The first-order valence-electron chi connectivity index (χ1n) is 3.28. The van der Waals surface area contributed by atoms with Gasteiger partial charge < -0.3 is 5.73 Å². The van der Waals surface area contributed by atoms with E-state index in [1.54, 1.807) is 6.92 Å². The second-order valence-electron chi connectivity index (χ2n) is 2.42. The lowest BCUT2D eigenvalue weighted by atomic mass is 10.1. The zero-order valence-electron chi connectivity index (χ0n) is 6.40. The zero-order valence-corrected chi connectivity index (χ0v) is 7.98. The number of primary amides is 1. The van der Waals surface area contributed by atoms with Gasteiger partial charge >= 0.3 is 0 Å². The van der Waals surface area contributed by atoms with Gasteiger partial charge in [0.2, 0.25) is 5.91 Å². The molecule has 0 heterocycles. The molecule has 0 aliphatic rings. The van der Waals surface area contributed by atoms with Crippen molar-refractivity contribution in [1.82, 2.24) is 0 Å². The molecule has 0 radical (unpaired) electrons. The van der Waals surface area contributed by atoms with Gasteiger partial charge in [-0.1, -0.05) is 6.07 Å². The Morgan fingerprint density at radius 1 is 1.58 bits per heavy atom.